The van der Waals surface area contributed by atoms with E-state index in [2.05, 4.69) is 0 Å². The molecule has 80 valence electrons. The largest absolute Gasteiger partial charge is 0.478 e. The highest BCUT2D eigenvalue weighted by Gasteiger charge is 1.96. The average Bonchev–Trinajstić information content (AvgIpc) is 2.18. The van der Waals surface area contributed by atoms with Crippen molar-refractivity contribution in [3.8, 4) is 0 Å². The molecule has 0 atom stereocenters. The Bertz CT molecular complexity index is 182. The van der Waals surface area contributed by atoms with Gasteiger partial charge < -0.3 is 14.6 Å². The van der Waals surface area contributed by atoms with Crippen molar-refractivity contribution in [3.63, 3.8) is 0 Å². The SMILES string of the molecule is C1CC[SiH2]OC1.O=C(O)C=CC(=O)O. The minimum Gasteiger partial charge on any atom is -0.478 e. The van der Waals surface area contributed by atoms with E-state index in [1.807, 2.05) is 0 Å². The van der Waals surface area contributed by atoms with E-state index in [1.54, 1.807) is 0 Å². The maximum atomic E-state index is 9.55. The average molecular weight is 218 g/mol. The molecule has 2 N–H and O–H groups in total. The second-order valence-electron chi connectivity index (χ2n) is 2.68. The summed E-state index contributed by atoms with van der Waals surface area (Å²) in [4.78, 5) is 19.1. The highest BCUT2D eigenvalue weighted by molar-refractivity contribution is 6.27. The summed E-state index contributed by atoms with van der Waals surface area (Å²) in [5.41, 5.74) is 0. The second-order valence-corrected chi connectivity index (χ2v) is 4.21. The monoisotopic (exact) mass is 218 g/mol. The van der Waals surface area contributed by atoms with E-state index in [1.165, 1.54) is 18.9 Å². The summed E-state index contributed by atoms with van der Waals surface area (Å²) in [6.45, 7) is 1.06. The summed E-state index contributed by atoms with van der Waals surface area (Å²) in [5, 5.41) is 15.6. The Morgan fingerprint density at radius 1 is 1.14 bits per heavy atom. The molecule has 1 aliphatic rings. The quantitative estimate of drug-likeness (QED) is 0.504. The Kier molecular flexibility index (Phi) is 7.76. The predicted octanol–water partition coefficient (Wildman–Crippen LogP) is 0.0107. The van der Waals surface area contributed by atoms with Crippen LogP contribution in [0.15, 0.2) is 12.2 Å². The molecule has 0 spiro atoms. The fourth-order valence-corrected chi connectivity index (χ4v) is 2.00. The summed E-state index contributed by atoms with van der Waals surface area (Å²) < 4.78 is 5.21. The van der Waals surface area contributed by atoms with Crippen LogP contribution in [-0.4, -0.2) is 38.5 Å². The number of carboxylic acids is 2. The third kappa shape index (κ3) is 10.9. The van der Waals surface area contributed by atoms with Crippen LogP contribution in [0.5, 0.6) is 0 Å². The van der Waals surface area contributed by atoms with E-state index >= 15 is 0 Å². The van der Waals surface area contributed by atoms with Gasteiger partial charge in [-0.2, -0.15) is 0 Å². The molecule has 0 aromatic rings. The molecular weight excluding hydrogens is 204 g/mol. The molecule has 0 amide bonds. The van der Waals surface area contributed by atoms with Gasteiger partial charge in [0, 0.05) is 18.8 Å². The highest BCUT2D eigenvalue weighted by Crippen LogP contribution is 2.01. The Balaban J connectivity index is 0.000000249. The summed E-state index contributed by atoms with van der Waals surface area (Å²) in [7, 11) is 0.00849. The zero-order chi connectivity index (χ0) is 10.8. The molecule has 1 saturated heterocycles. The first kappa shape index (κ1) is 12.9. The van der Waals surface area contributed by atoms with Crippen molar-refractivity contribution in [1.29, 1.82) is 0 Å². The first-order chi connectivity index (χ1) is 6.63. The van der Waals surface area contributed by atoms with Gasteiger partial charge >= 0.3 is 11.9 Å². The van der Waals surface area contributed by atoms with Gasteiger partial charge in [0.1, 0.15) is 0 Å². The van der Waals surface area contributed by atoms with Gasteiger partial charge in [0.15, 0.2) is 9.76 Å². The van der Waals surface area contributed by atoms with Crippen LogP contribution in [-0.2, 0) is 14.0 Å². The lowest BCUT2D eigenvalue weighted by Crippen LogP contribution is -2.06. The zero-order valence-electron chi connectivity index (χ0n) is 7.81. The van der Waals surface area contributed by atoms with Gasteiger partial charge in [-0.25, -0.2) is 9.59 Å². The molecule has 1 rings (SSSR count). The van der Waals surface area contributed by atoms with Crippen LogP contribution < -0.4 is 0 Å². The molecule has 1 fully saturated rings. The van der Waals surface area contributed by atoms with Gasteiger partial charge in [0.25, 0.3) is 0 Å². The lowest BCUT2D eigenvalue weighted by molar-refractivity contribution is -0.134. The lowest BCUT2D eigenvalue weighted by atomic mass is 10.4. The maximum Gasteiger partial charge on any atom is 0.328 e. The maximum absolute atomic E-state index is 9.55. The number of hydrogen-bond donors (Lipinski definition) is 2. The Morgan fingerprint density at radius 3 is 1.86 bits per heavy atom. The minimum absolute atomic E-state index is 0.00849. The Morgan fingerprint density at radius 2 is 1.71 bits per heavy atom. The summed E-state index contributed by atoms with van der Waals surface area (Å²) in [6, 6.07) is 1.42. The van der Waals surface area contributed by atoms with Crippen molar-refractivity contribution in [2.24, 2.45) is 0 Å². The molecule has 6 heteroatoms. The fraction of sp³-hybridized carbons (Fsp3) is 0.500. The zero-order valence-corrected chi connectivity index (χ0v) is 9.22. The molecule has 0 aliphatic carbocycles. The van der Waals surface area contributed by atoms with E-state index in [4.69, 9.17) is 14.6 Å². The van der Waals surface area contributed by atoms with E-state index in [-0.39, 0.29) is 9.76 Å². The van der Waals surface area contributed by atoms with Crippen LogP contribution in [0.3, 0.4) is 0 Å². The number of aliphatic carboxylic acids is 2. The molecule has 14 heavy (non-hydrogen) atoms. The molecule has 0 saturated carbocycles. The standard InChI is InChI=1S/C4H4O4.C4H10OSi/c5-3(6)1-2-4(7)8;1-2-4-6-5-3-1/h1-2H,(H,5,6)(H,7,8);1-4,6H2. The predicted molar refractivity (Wildman–Crippen MR) is 52.9 cm³/mol. The number of rotatable bonds is 2. The first-order valence-electron chi connectivity index (χ1n) is 4.34. The van der Waals surface area contributed by atoms with Crippen LogP contribution in [0.1, 0.15) is 12.8 Å². The highest BCUT2D eigenvalue weighted by atomic mass is 28.2. The van der Waals surface area contributed by atoms with Crippen LogP contribution in [0.4, 0.5) is 0 Å². The topological polar surface area (TPSA) is 83.8 Å². The molecular formula is C8H14O5Si. The van der Waals surface area contributed by atoms with E-state index in [0.717, 1.165) is 6.61 Å². The second kappa shape index (κ2) is 8.45. The smallest absolute Gasteiger partial charge is 0.328 e. The van der Waals surface area contributed by atoms with Crippen LogP contribution in [0.2, 0.25) is 6.04 Å². The van der Waals surface area contributed by atoms with Crippen molar-refractivity contribution < 1.29 is 24.2 Å². The molecule has 1 heterocycles. The van der Waals surface area contributed by atoms with Crippen molar-refractivity contribution in [3.05, 3.63) is 12.2 Å². The number of carbonyl (C=O) groups is 2. The van der Waals surface area contributed by atoms with Crippen molar-refractivity contribution >= 4 is 21.7 Å². The third-order valence-corrected chi connectivity index (χ3v) is 2.81. The van der Waals surface area contributed by atoms with Gasteiger partial charge in [0.2, 0.25) is 0 Å². The van der Waals surface area contributed by atoms with Crippen molar-refractivity contribution in [2.75, 3.05) is 6.61 Å². The molecule has 0 bridgehead atoms. The summed E-state index contributed by atoms with van der Waals surface area (Å²) in [5.74, 6) is -2.51. The summed E-state index contributed by atoms with van der Waals surface area (Å²) in [6.07, 6.45) is 3.86. The van der Waals surface area contributed by atoms with Gasteiger partial charge in [-0.05, 0) is 12.5 Å². The Hall–Kier alpha value is -1.14. The normalized spacial score (nSPS) is 17.4. The molecule has 0 radical (unpaired) electrons. The van der Waals surface area contributed by atoms with E-state index < -0.39 is 11.9 Å². The van der Waals surface area contributed by atoms with Crippen molar-refractivity contribution in [2.45, 2.75) is 18.9 Å². The molecule has 5 nitrogen and oxygen atoms in total. The van der Waals surface area contributed by atoms with Gasteiger partial charge in [-0.1, -0.05) is 6.42 Å². The number of hydrogen-bond acceptors (Lipinski definition) is 3. The van der Waals surface area contributed by atoms with Gasteiger partial charge in [-0.3, -0.25) is 0 Å². The number of carboxylic acid groups (broad SMARTS) is 2. The van der Waals surface area contributed by atoms with Gasteiger partial charge in [-0.15, -0.1) is 0 Å². The van der Waals surface area contributed by atoms with Crippen LogP contribution in [0.25, 0.3) is 0 Å². The molecule has 1 aliphatic heterocycles. The molecule has 0 unspecified atom stereocenters. The third-order valence-electron chi connectivity index (χ3n) is 1.45. The van der Waals surface area contributed by atoms with E-state index in [0.29, 0.717) is 12.2 Å². The van der Waals surface area contributed by atoms with E-state index in [9.17, 15) is 9.59 Å². The molecule has 0 aromatic heterocycles. The lowest BCUT2D eigenvalue weighted by Gasteiger charge is -2.07. The summed E-state index contributed by atoms with van der Waals surface area (Å²) >= 11 is 0. The fourth-order valence-electron chi connectivity index (χ4n) is 0.830. The van der Waals surface area contributed by atoms with Crippen molar-refractivity contribution in [1.82, 2.24) is 0 Å². The minimum atomic E-state index is -1.26. The van der Waals surface area contributed by atoms with Crippen LogP contribution in [0, 0.1) is 0 Å². The first-order valence-corrected chi connectivity index (χ1v) is 5.92. The molecule has 0 aromatic carbocycles. The Labute approximate surface area is 84.3 Å². The van der Waals surface area contributed by atoms with Crippen LogP contribution >= 0.6 is 0 Å². The van der Waals surface area contributed by atoms with Gasteiger partial charge in [0.05, 0.1) is 0 Å².